The van der Waals surface area contributed by atoms with Gasteiger partial charge in [-0.15, -0.1) is 0 Å². The van der Waals surface area contributed by atoms with Crippen LogP contribution < -0.4 is 5.76 Å². The molecule has 4 heteroatoms. The number of nitrogens with zero attached hydrogens (tertiary/aromatic N) is 1. The summed E-state index contributed by atoms with van der Waals surface area (Å²) in [6, 6.07) is 10.9. The average Bonchev–Trinajstić information content (AvgIpc) is 2.61. The van der Waals surface area contributed by atoms with Crippen molar-refractivity contribution in [2.24, 2.45) is 0 Å². The molecular weight excluding hydrogens is 180 g/mol. The number of hydrogen-bond acceptors (Lipinski definition) is 3. The first-order chi connectivity index (χ1) is 6.81. The third-order valence-corrected chi connectivity index (χ3v) is 1.81. The summed E-state index contributed by atoms with van der Waals surface area (Å²) in [4.78, 5) is 13.3. The molecule has 1 N–H and O–H groups in total. The fraction of sp³-hybridized carbons (Fsp3) is 0. The van der Waals surface area contributed by atoms with Crippen LogP contribution in [-0.4, -0.2) is 4.98 Å². The first kappa shape index (κ1) is 8.32. The second-order valence-corrected chi connectivity index (χ2v) is 2.70. The van der Waals surface area contributed by atoms with Gasteiger partial charge in [-0.1, -0.05) is 30.3 Å². The summed E-state index contributed by atoms with van der Waals surface area (Å²) >= 11 is 0. The second-order valence-electron chi connectivity index (χ2n) is 2.70. The van der Waals surface area contributed by atoms with Gasteiger partial charge in [0.2, 0.25) is 5.76 Å². The van der Waals surface area contributed by atoms with Gasteiger partial charge in [-0.2, -0.15) is 5.26 Å². The van der Waals surface area contributed by atoms with E-state index in [4.69, 9.17) is 5.26 Å². The molecule has 4 nitrogen and oxygen atoms in total. The molecule has 2 rings (SSSR count). The molecule has 0 radical (unpaired) electrons. The highest BCUT2D eigenvalue weighted by Gasteiger charge is 2.10. The second kappa shape index (κ2) is 3.23. The zero-order valence-electron chi connectivity index (χ0n) is 7.15. The Balaban J connectivity index is 2.64. The molecule has 68 valence electrons. The summed E-state index contributed by atoms with van der Waals surface area (Å²) in [7, 11) is 0. The van der Waals surface area contributed by atoms with Gasteiger partial charge in [0, 0.05) is 5.56 Å². The fourth-order valence-corrected chi connectivity index (χ4v) is 1.21. The molecule has 0 aliphatic heterocycles. The van der Waals surface area contributed by atoms with E-state index in [1.54, 1.807) is 12.1 Å². The van der Waals surface area contributed by atoms with Crippen molar-refractivity contribution in [3.05, 3.63) is 46.6 Å². The van der Waals surface area contributed by atoms with Gasteiger partial charge < -0.3 is 4.42 Å². The zero-order chi connectivity index (χ0) is 9.97. The predicted molar refractivity (Wildman–Crippen MR) is 49.5 cm³/mol. The highest BCUT2D eigenvalue weighted by atomic mass is 16.4. The van der Waals surface area contributed by atoms with Crippen molar-refractivity contribution in [1.29, 1.82) is 5.26 Å². The van der Waals surface area contributed by atoms with Crippen molar-refractivity contribution in [2.45, 2.75) is 0 Å². The highest BCUT2D eigenvalue weighted by Crippen LogP contribution is 2.18. The van der Waals surface area contributed by atoms with Gasteiger partial charge in [-0.25, -0.2) is 4.79 Å². The molecule has 0 amide bonds. The van der Waals surface area contributed by atoms with E-state index in [0.29, 0.717) is 5.69 Å². The Labute approximate surface area is 79.4 Å². The molecule has 0 atom stereocenters. The van der Waals surface area contributed by atoms with E-state index in [1.807, 2.05) is 24.3 Å². The van der Waals surface area contributed by atoms with Crippen LogP contribution in [0.3, 0.4) is 0 Å². The predicted octanol–water partition coefficient (Wildman–Crippen LogP) is 1.51. The molecule has 0 saturated carbocycles. The van der Waals surface area contributed by atoms with E-state index < -0.39 is 5.76 Å². The summed E-state index contributed by atoms with van der Waals surface area (Å²) in [5, 5.41) is 8.69. The van der Waals surface area contributed by atoms with E-state index in [2.05, 4.69) is 9.40 Å². The van der Waals surface area contributed by atoms with Crippen LogP contribution in [0.4, 0.5) is 0 Å². The molecule has 0 saturated heterocycles. The molecule has 1 heterocycles. The quantitative estimate of drug-likeness (QED) is 0.733. The van der Waals surface area contributed by atoms with Gasteiger partial charge in [0.25, 0.3) is 0 Å². The van der Waals surface area contributed by atoms with Crippen molar-refractivity contribution in [2.75, 3.05) is 0 Å². The van der Waals surface area contributed by atoms with Gasteiger partial charge in [0.1, 0.15) is 11.8 Å². The summed E-state index contributed by atoms with van der Waals surface area (Å²) in [6.07, 6.45) is 0. The first-order valence-corrected chi connectivity index (χ1v) is 4.00. The van der Waals surface area contributed by atoms with Crippen molar-refractivity contribution in [3.63, 3.8) is 0 Å². The maximum Gasteiger partial charge on any atom is 0.418 e. The molecule has 0 bridgehead atoms. The van der Waals surface area contributed by atoms with Crippen molar-refractivity contribution in [3.8, 4) is 17.3 Å². The van der Waals surface area contributed by atoms with Gasteiger partial charge in [0.05, 0.1) is 0 Å². The average molecular weight is 186 g/mol. The summed E-state index contributed by atoms with van der Waals surface area (Å²) in [6.45, 7) is 0. The standard InChI is InChI=1S/C10H6N2O2/c11-6-8-9(12-10(13)14-8)7-4-2-1-3-5-7/h1-5H,(H,12,13). The summed E-state index contributed by atoms with van der Waals surface area (Å²) in [5.74, 6) is -0.596. The Bertz CT molecular complexity index is 531. The highest BCUT2D eigenvalue weighted by molar-refractivity contribution is 5.63. The van der Waals surface area contributed by atoms with Crippen LogP contribution in [0.25, 0.3) is 11.3 Å². The van der Waals surface area contributed by atoms with Crippen LogP contribution in [0, 0.1) is 11.3 Å². The van der Waals surface area contributed by atoms with E-state index in [9.17, 15) is 4.79 Å². The van der Waals surface area contributed by atoms with E-state index >= 15 is 0 Å². The third-order valence-electron chi connectivity index (χ3n) is 1.81. The van der Waals surface area contributed by atoms with Crippen molar-refractivity contribution < 1.29 is 4.42 Å². The topological polar surface area (TPSA) is 69.8 Å². The largest absolute Gasteiger partial charge is 0.418 e. The summed E-state index contributed by atoms with van der Waals surface area (Å²) < 4.78 is 4.65. The number of nitriles is 1. The van der Waals surface area contributed by atoms with E-state index in [0.717, 1.165) is 5.56 Å². The molecule has 14 heavy (non-hydrogen) atoms. The van der Waals surface area contributed by atoms with E-state index in [-0.39, 0.29) is 5.76 Å². The number of benzene rings is 1. The SMILES string of the molecule is N#Cc1oc(=O)[nH]c1-c1ccccc1. The Morgan fingerprint density at radius 1 is 1.29 bits per heavy atom. The molecule has 2 aromatic rings. The Kier molecular flexibility index (Phi) is 1.92. The molecule has 1 aromatic carbocycles. The van der Waals surface area contributed by atoms with Gasteiger partial charge in [-0.05, 0) is 0 Å². The van der Waals surface area contributed by atoms with E-state index in [1.165, 1.54) is 0 Å². The lowest BCUT2D eigenvalue weighted by Crippen LogP contribution is -1.94. The molecule has 0 spiro atoms. The molecular formula is C10H6N2O2. The van der Waals surface area contributed by atoms with Gasteiger partial charge in [0.15, 0.2) is 0 Å². The van der Waals surface area contributed by atoms with Gasteiger partial charge >= 0.3 is 5.76 Å². The molecule has 0 aliphatic rings. The molecule has 0 unspecified atom stereocenters. The monoisotopic (exact) mass is 186 g/mol. The maximum absolute atomic E-state index is 10.9. The lowest BCUT2D eigenvalue weighted by Gasteiger charge is -1.94. The molecule has 1 aromatic heterocycles. The number of nitrogens with one attached hydrogen (secondary N) is 1. The summed E-state index contributed by atoms with van der Waals surface area (Å²) in [5.41, 5.74) is 1.19. The maximum atomic E-state index is 10.9. The van der Waals surface area contributed by atoms with Gasteiger partial charge in [-0.3, -0.25) is 4.98 Å². The van der Waals surface area contributed by atoms with Crippen LogP contribution in [0.1, 0.15) is 5.76 Å². The smallest absolute Gasteiger partial charge is 0.396 e. The minimum atomic E-state index is -0.611. The fourth-order valence-electron chi connectivity index (χ4n) is 1.21. The number of aromatic amines is 1. The number of rotatable bonds is 1. The minimum Gasteiger partial charge on any atom is -0.396 e. The molecule has 0 aliphatic carbocycles. The first-order valence-electron chi connectivity index (χ1n) is 4.00. The lowest BCUT2D eigenvalue weighted by molar-refractivity contribution is 0.503. The van der Waals surface area contributed by atoms with Crippen molar-refractivity contribution >= 4 is 0 Å². The minimum absolute atomic E-state index is 0.0150. The van der Waals surface area contributed by atoms with Crippen LogP contribution in [0.15, 0.2) is 39.5 Å². The number of H-pyrrole nitrogens is 1. The number of aromatic nitrogens is 1. The number of hydrogen-bond donors (Lipinski definition) is 1. The molecule has 0 fully saturated rings. The normalized spacial score (nSPS) is 9.64. The van der Waals surface area contributed by atoms with Crippen molar-refractivity contribution in [1.82, 2.24) is 4.98 Å². The zero-order valence-corrected chi connectivity index (χ0v) is 7.15. The third kappa shape index (κ3) is 1.31. The number of oxazole rings is 1. The lowest BCUT2D eigenvalue weighted by atomic mass is 10.1. The van der Waals surface area contributed by atoms with Crippen LogP contribution >= 0.6 is 0 Å². The Morgan fingerprint density at radius 2 is 2.00 bits per heavy atom. The van der Waals surface area contributed by atoms with Crippen LogP contribution in [-0.2, 0) is 0 Å². The van der Waals surface area contributed by atoms with Crippen LogP contribution in [0.2, 0.25) is 0 Å². The Morgan fingerprint density at radius 3 is 2.64 bits per heavy atom. The Hall–Kier alpha value is -2.28. The van der Waals surface area contributed by atoms with Crippen LogP contribution in [0.5, 0.6) is 0 Å².